The third-order valence-electron chi connectivity index (χ3n) is 5.66. The molecule has 8 nitrogen and oxygen atoms in total. The summed E-state index contributed by atoms with van der Waals surface area (Å²) in [6.45, 7) is 2.05. The van der Waals surface area contributed by atoms with Gasteiger partial charge in [0.2, 0.25) is 11.8 Å². The van der Waals surface area contributed by atoms with Crippen LogP contribution in [0.2, 0.25) is 0 Å². The average molecular weight is 411 g/mol. The van der Waals surface area contributed by atoms with Gasteiger partial charge < -0.3 is 15.2 Å². The first kappa shape index (κ1) is 20.2. The van der Waals surface area contributed by atoms with E-state index in [1.165, 1.54) is 0 Å². The van der Waals surface area contributed by atoms with Crippen LogP contribution >= 0.6 is 0 Å². The van der Waals surface area contributed by atoms with Crippen molar-refractivity contribution in [3.05, 3.63) is 52.6 Å². The number of benzene rings is 1. The second-order valence-electron chi connectivity index (χ2n) is 7.86. The van der Waals surface area contributed by atoms with Gasteiger partial charge in [-0.05, 0) is 33.5 Å². The van der Waals surface area contributed by atoms with Gasteiger partial charge in [-0.2, -0.15) is 0 Å². The van der Waals surface area contributed by atoms with Crippen LogP contribution in [0.4, 0.5) is 5.69 Å². The Morgan fingerprint density at radius 1 is 1.27 bits per heavy atom. The number of carbonyl (C=O) groups is 3. The van der Waals surface area contributed by atoms with Gasteiger partial charge in [-0.25, -0.2) is 4.79 Å². The maximum atomic E-state index is 14.1. The van der Waals surface area contributed by atoms with Gasteiger partial charge in [0.25, 0.3) is 0 Å². The van der Waals surface area contributed by atoms with Crippen LogP contribution in [0.25, 0.3) is 0 Å². The van der Waals surface area contributed by atoms with Crippen LogP contribution in [0, 0.1) is 0 Å². The van der Waals surface area contributed by atoms with Crippen LogP contribution < -0.4 is 10.6 Å². The van der Waals surface area contributed by atoms with Crippen LogP contribution in [-0.4, -0.2) is 49.9 Å². The van der Waals surface area contributed by atoms with Crippen molar-refractivity contribution in [1.29, 1.82) is 0 Å². The Kier molecular flexibility index (Phi) is 4.89. The van der Waals surface area contributed by atoms with Crippen molar-refractivity contribution >= 4 is 23.3 Å². The van der Waals surface area contributed by atoms with Crippen LogP contribution in [0.15, 0.2) is 47.1 Å². The number of Topliss-reactive ketones (excluding diaryl/α,β-unsaturated/α-hetero) is 1. The van der Waals surface area contributed by atoms with Gasteiger partial charge in [0.15, 0.2) is 5.78 Å². The number of rotatable bonds is 4. The fourth-order valence-electron chi connectivity index (χ4n) is 4.65. The molecule has 0 saturated heterocycles. The predicted octanol–water partition coefficient (Wildman–Crippen LogP) is 1.56. The molecule has 0 fully saturated rings. The zero-order valence-corrected chi connectivity index (χ0v) is 17.4. The molecule has 30 heavy (non-hydrogen) atoms. The maximum Gasteiger partial charge on any atom is 0.341 e. The smallest absolute Gasteiger partial charge is 0.341 e. The Balaban J connectivity index is 2.06. The summed E-state index contributed by atoms with van der Waals surface area (Å²) in [5.74, 6) is -1.17. The lowest BCUT2D eigenvalue weighted by atomic mass is 9.64. The third-order valence-corrected chi connectivity index (χ3v) is 5.66. The maximum absolute atomic E-state index is 14.1. The molecule has 3 aliphatic rings. The zero-order valence-electron chi connectivity index (χ0n) is 17.4. The molecule has 0 saturated carbocycles. The number of anilines is 1. The number of nitrogens with two attached hydrogens (primary N) is 1. The van der Waals surface area contributed by atoms with Crippen LogP contribution in [-0.2, 0) is 29.3 Å². The molecule has 1 unspecified atom stereocenters. The molecule has 2 heterocycles. The van der Waals surface area contributed by atoms with E-state index in [0.717, 1.165) is 0 Å². The molecule has 4 rings (SSSR count). The number of amides is 1. The van der Waals surface area contributed by atoms with Gasteiger partial charge in [-0.3, -0.25) is 19.4 Å². The summed E-state index contributed by atoms with van der Waals surface area (Å²) in [7, 11) is 3.69. The van der Waals surface area contributed by atoms with Gasteiger partial charge in [-0.15, -0.1) is 0 Å². The van der Waals surface area contributed by atoms with Crippen molar-refractivity contribution in [3.8, 4) is 0 Å². The summed E-state index contributed by atoms with van der Waals surface area (Å²) in [6.07, 6.45) is 1.36. The SMILES string of the molecule is CCOC(=O)C1=C(N)OC2=C(C(=O)CCC2)C12C(=O)N(CN(C)C)c1ccccc12. The Morgan fingerprint density at radius 2 is 2.00 bits per heavy atom. The fourth-order valence-corrected chi connectivity index (χ4v) is 4.65. The largest absolute Gasteiger partial charge is 0.462 e. The normalized spacial score (nSPS) is 23.1. The van der Waals surface area contributed by atoms with Gasteiger partial charge in [-0.1, -0.05) is 18.2 Å². The minimum absolute atomic E-state index is 0.1000. The first-order chi connectivity index (χ1) is 14.3. The monoisotopic (exact) mass is 411 g/mol. The summed E-state index contributed by atoms with van der Waals surface area (Å²) in [4.78, 5) is 43.8. The highest BCUT2D eigenvalue weighted by atomic mass is 16.5. The van der Waals surface area contributed by atoms with Crippen molar-refractivity contribution in [2.24, 2.45) is 5.73 Å². The predicted molar refractivity (Wildman–Crippen MR) is 109 cm³/mol. The van der Waals surface area contributed by atoms with E-state index in [1.807, 2.05) is 31.1 Å². The van der Waals surface area contributed by atoms with E-state index in [9.17, 15) is 14.4 Å². The van der Waals surface area contributed by atoms with E-state index in [1.54, 1.807) is 24.0 Å². The van der Waals surface area contributed by atoms with Crippen LogP contribution in [0.1, 0.15) is 31.7 Å². The van der Waals surface area contributed by atoms with E-state index < -0.39 is 17.3 Å². The van der Waals surface area contributed by atoms with E-state index in [0.29, 0.717) is 29.9 Å². The van der Waals surface area contributed by atoms with E-state index in [-0.39, 0.29) is 42.5 Å². The second kappa shape index (κ2) is 7.28. The lowest BCUT2D eigenvalue weighted by Crippen LogP contribution is -2.52. The number of nitrogens with zero attached hydrogens (tertiary/aromatic N) is 2. The average Bonchev–Trinajstić information content (AvgIpc) is 2.91. The highest BCUT2D eigenvalue weighted by Gasteiger charge is 2.63. The molecule has 2 aliphatic heterocycles. The number of carbonyl (C=O) groups excluding carboxylic acids is 3. The number of allylic oxidation sites excluding steroid dienone is 1. The molecule has 1 spiro atoms. The number of hydrogen-bond acceptors (Lipinski definition) is 7. The quantitative estimate of drug-likeness (QED) is 0.750. The Hall–Kier alpha value is -3.13. The number of para-hydroxylation sites is 1. The molecule has 8 heteroatoms. The Morgan fingerprint density at radius 3 is 2.70 bits per heavy atom. The fraction of sp³-hybridized carbons (Fsp3) is 0.409. The number of fused-ring (bicyclic) bond motifs is 3. The molecule has 1 aromatic rings. The number of ketones is 1. The molecule has 1 atom stereocenters. The number of ether oxygens (including phenoxy) is 2. The third kappa shape index (κ3) is 2.67. The Bertz CT molecular complexity index is 1010. The Labute approximate surface area is 174 Å². The second-order valence-corrected chi connectivity index (χ2v) is 7.86. The summed E-state index contributed by atoms with van der Waals surface area (Å²) in [5, 5.41) is 0. The minimum Gasteiger partial charge on any atom is -0.462 e. The summed E-state index contributed by atoms with van der Waals surface area (Å²) in [5.41, 5.74) is 5.84. The first-order valence-electron chi connectivity index (χ1n) is 10.0. The summed E-state index contributed by atoms with van der Waals surface area (Å²) < 4.78 is 11.0. The van der Waals surface area contributed by atoms with Crippen LogP contribution in [0.3, 0.4) is 0 Å². The van der Waals surface area contributed by atoms with Crippen molar-refractivity contribution in [2.75, 3.05) is 32.3 Å². The molecule has 1 aromatic carbocycles. The topological polar surface area (TPSA) is 102 Å². The van der Waals surface area contributed by atoms with Gasteiger partial charge in [0, 0.05) is 18.4 Å². The molecule has 2 N–H and O–H groups in total. The van der Waals surface area contributed by atoms with Crippen molar-refractivity contribution in [1.82, 2.24) is 4.90 Å². The van der Waals surface area contributed by atoms with Gasteiger partial charge >= 0.3 is 5.97 Å². The summed E-state index contributed by atoms with van der Waals surface area (Å²) in [6, 6.07) is 7.19. The van der Waals surface area contributed by atoms with Crippen molar-refractivity contribution in [2.45, 2.75) is 31.6 Å². The van der Waals surface area contributed by atoms with Crippen molar-refractivity contribution < 1.29 is 23.9 Å². The standard InChI is InChI=1S/C22H25N3O5/c1-4-29-20(27)18-19(23)30-16-11-7-10-15(26)17(16)22(18)13-8-5-6-9-14(13)25(21(22)28)12-24(2)3/h5-6,8-9H,4,7,10-12,23H2,1-3H3. The lowest BCUT2D eigenvalue weighted by Gasteiger charge is -2.39. The highest BCUT2D eigenvalue weighted by Crippen LogP contribution is 2.56. The number of hydrogen-bond donors (Lipinski definition) is 1. The molecule has 0 radical (unpaired) electrons. The van der Waals surface area contributed by atoms with E-state index in [2.05, 4.69) is 0 Å². The van der Waals surface area contributed by atoms with Crippen molar-refractivity contribution in [3.63, 3.8) is 0 Å². The summed E-state index contributed by atoms with van der Waals surface area (Å²) >= 11 is 0. The van der Waals surface area contributed by atoms with Gasteiger partial charge in [0.05, 0.1) is 24.5 Å². The molecule has 158 valence electrons. The van der Waals surface area contributed by atoms with Gasteiger partial charge in [0.1, 0.15) is 16.7 Å². The molecule has 1 aliphatic carbocycles. The first-order valence-corrected chi connectivity index (χ1v) is 10.0. The van der Waals surface area contributed by atoms with E-state index >= 15 is 0 Å². The molecular weight excluding hydrogens is 386 g/mol. The highest BCUT2D eigenvalue weighted by molar-refractivity contribution is 6.23. The molecule has 0 bridgehead atoms. The van der Waals surface area contributed by atoms with E-state index in [4.69, 9.17) is 15.2 Å². The molecular formula is C22H25N3O5. The molecule has 0 aromatic heterocycles. The lowest BCUT2D eigenvalue weighted by molar-refractivity contribution is -0.141. The molecule has 1 amide bonds. The minimum atomic E-state index is -1.66. The number of esters is 1. The van der Waals surface area contributed by atoms with Crippen LogP contribution in [0.5, 0.6) is 0 Å². The zero-order chi connectivity index (χ0) is 21.6.